The fourth-order valence-corrected chi connectivity index (χ4v) is 4.70. The Bertz CT molecular complexity index is 416. The molecule has 108 valence electrons. The summed E-state index contributed by atoms with van der Waals surface area (Å²) in [5, 5.41) is 30.6. The van der Waals surface area contributed by atoms with Crippen LogP contribution in [0, 0.1) is 17.3 Å². The van der Waals surface area contributed by atoms with E-state index in [-0.39, 0.29) is 29.5 Å². The molecule has 0 aromatic carbocycles. The topological polar surface area (TPSA) is 69.9 Å². The highest BCUT2D eigenvalue weighted by atomic mass is 16.6. The number of rotatable bonds is 0. The molecule has 1 aliphatic heterocycles. The Hall–Kier alpha value is -0.420. The summed E-state index contributed by atoms with van der Waals surface area (Å²) >= 11 is 0. The Morgan fingerprint density at radius 3 is 2.68 bits per heavy atom. The molecule has 3 N–H and O–H groups in total. The minimum atomic E-state index is -1.23. The Kier molecular flexibility index (Phi) is 2.88. The lowest BCUT2D eigenvalue weighted by atomic mass is 9.51. The van der Waals surface area contributed by atoms with Gasteiger partial charge < -0.3 is 20.1 Å². The average molecular weight is 268 g/mol. The molecule has 2 aliphatic carbocycles. The molecule has 1 heterocycles. The summed E-state index contributed by atoms with van der Waals surface area (Å²) in [7, 11) is 0. The van der Waals surface area contributed by atoms with E-state index >= 15 is 0 Å². The number of ether oxygens (including phenoxy) is 1. The van der Waals surface area contributed by atoms with E-state index in [1.54, 1.807) is 6.92 Å². The van der Waals surface area contributed by atoms with E-state index in [0.717, 1.165) is 12.8 Å². The van der Waals surface area contributed by atoms with Crippen LogP contribution in [-0.4, -0.2) is 39.4 Å². The van der Waals surface area contributed by atoms with Gasteiger partial charge in [-0.25, -0.2) is 0 Å². The first kappa shape index (κ1) is 13.6. The van der Waals surface area contributed by atoms with E-state index in [2.05, 4.69) is 13.8 Å². The van der Waals surface area contributed by atoms with Crippen molar-refractivity contribution in [1.29, 1.82) is 0 Å². The average Bonchev–Trinajstić information content (AvgIpc) is 2.53. The minimum absolute atomic E-state index is 0.0927. The van der Waals surface area contributed by atoms with E-state index < -0.39 is 11.9 Å². The van der Waals surface area contributed by atoms with Gasteiger partial charge in [0.2, 0.25) is 0 Å². The van der Waals surface area contributed by atoms with Crippen molar-refractivity contribution in [2.75, 3.05) is 0 Å². The van der Waals surface area contributed by atoms with E-state index in [0.29, 0.717) is 6.42 Å². The van der Waals surface area contributed by atoms with Gasteiger partial charge in [0.1, 0.15) is 5.60 Å². The van der Waals surface area contributed by atoms with Crippen LogP contribution in [0.1, 0.15) is 40.0 Å². The maximum atomic E-state index is 10.7. The van der Waals surface area contributed by atoms with Crippen LogP contribution in [0.25, 0.3) is 0 Å². The number of fused-ring (bicyclic) bond motifs is 3. The van der Waals surface area contributed by atoms with Crippen LogP contribution < -0.4 is 0 Å². The highest BCUT2D eigenvalue weighted by Crippen LogP contribution is 2.60. The molecule has 4 nitrogen and oxygen atoms in total. The molecule has 2 fully saturated rings. The molecule has 0 spiro atoms. The number of allylic oxidation sites excluding steroid dienone is 1. The predicted octanol–water partition coefficient (Wildman–Crippen LogP) is 1.20. The zero-order valence-corrected chi connectivity index (χ0v) is 11.8. The lowest BCUT2D eigenvalue weighted by Gasteiger charge is -2.53. The molecule has 4 heteroatoms. The van der Waals surface area contributed by atoms with Crippen molar-refractivity contribution >= 4 is 0 Å². The number of aliphatic hydroxyl groups is 3. The summed E-state index contributed by atoms with van der Waals surface area (Å²) in [6.45, 7) is 5.95. The largest absolute Gasteiger partial charge is 0.389 e. The Morgan fingerprint density at radius 2 is 2.00 bits per heavy atom. The first-order valence-electron chi connectivity index (χ1n) is 7.23. The van der Waals surface area contributed by atoms with Crippen LogP contribution in [0.15, 0.2) is 11.6 Å². The molecule has 19 heavy (non-hydrogen) atoms. The number of hydrogen-bond acceptors (Lipinski definition) is 4. The molecular formula is C15H24O4. The van der Waals surface area contributed by atoms with Crippen molar-refractivity contribution < 1.29 is 20.1 Å². The van der Waals surface area contributed by atoms with Crippen LogP contribution in [-0.2, 0) is 4.74 Å². The quantitative estimate of drug-likeness (QED) is 0.577. The third-order valence-electron chi connectivity index (χ3n) is 5.85. The monoisotopic (exact) mass is 268 g/mol. The van der Waals surface area contributed by atoms with Crippen LogP contribution >= 0.6 is 0 Å². The molecule has 0 radical (unpaired) electrons. The van der Waals surface area contributed by atoms with Gasteiger partial charge in [-0.2, -0.15) is 0 Å². The molecule has 0 unspecified atom stereocenters. The lowest BCUT2D eigenvalue weighted by molar-refractivity contribution is -0.167. The fourth-order valence-electron chi connectivity index (χ4n) is 4.70. The van der Waals surface area contributed by atoms with Gasteiger partial charge in [-0.15, -0.1) is 0 Å². The second-order valence-corrected chi connectivity index (χ2v) is 6.95. The maximum Gasteiger partial charge on any atom is 0.184 e. The third-order valence-corrected chi connectivity index (χ3v) is 5.85. The Morgan fingerprint density at radius 1 is 1.32 bits per heavy atom. The first-order valence-corrected chi connectivity index (χ1v) is 7.23. The van der Waals surface area contributed by atoms with Gasteiger partial charge in [0.25, 0.3) is 0 Å². The zero-order valence-electron chi connectivity index (χ0n) is 11.8. The van der Waals surface area contributed by atoms with E-state index in [4.69, 9.17) is 4.74 Å². The van der Waals surface area contributed by atoms with Gasteiger partial charge in [0.05, 0.1) is 12.2 Å². The lowest BCUT2D eigenvalue weighted by Crippen LogP contribution is -2.55. The van der Waals surface area contributed by atoms with Gasteiger partial charge >= 0.3 is 0 Å². The number of aliphatic hydroxyl groups excluding tert-OH is 2. The molecule has 1 saturated carbocycles. The maximum absolute atomic E-state index is 10.7. The molecule has 1 saturated heterocycles. The minimum Gasteiger partial charge on any atom is -0.389 e. The van der Waals surface area contributed by atoms with E-state index in [1.807, 2.05) is 6.08 Å². The molecule has 0 aromatic rings. The third kappa shape index (κ3) is 1.67. The second-order valence-electron chi connectivity index (χ2n) is 6.95. The second kappa shape index (κ2) is 4.04. The van der Waals surface area contributed by atoms with Crippen LogP contribution in [0.2, 0.25) is 0 Å². The molecule has 3 rings (SSSR count). The SMILES string of the molecule is C[C@H]1C[C@@H](O)C=C2CC[C@@H]3O[C@@H](O)[C@@](C)(O)[C@@H]3[C@@]21C. The zero-order chi connectivity index (χ0) is 14.0. The van der Waals surface area contributed by atoms with Crippen LogP contribution in [0.4, 0.5) is 0 Å². The standard InChI is InChI=1S/C15H24O4/c1-8-6-10(16)7-9-4-5-11-12(14(8,9)2)15(3,18)13(17)19-11/h7-8,10-13,16-18H,4-6H2,1-3H3/t8-,10+,11-,12-,13+,14+,15-/m0/s1. The summed E-state index contributed by atoms with van der Waals surface area (Å²) < 4.78 is 5.59. The van der Waals surface area contributed by atoms with Gasteiger partial charge in [-0.05, 0) is 37.5 Å². The van der Waals surface area contributed by atoms with Crippen LogP contribution in [0.5, 0.6) is 0 Å². The molecular weight excluding hydrogens is 244 g/mol. The Labute approximate surface area is 114 Å². The van der Waals surface area contributed by atoms with E-state index in [1.165, 1.54) is 5.57 Å². The fraction of sp³-hybridized carbons (Fsp3) is 0.867. The molecule has 0 aromatic heterocycles. The number of hydrogen-bond donors (Lipinski definition) is 3. The Balaban J connectivity index is 2.08. The van der Waals surface area contributed by atoms with Gasteiger partial charge in [0, 0.05) is 5.92 Å². The van der Waals surface area contributed by atoms with Gasteiger partial charge in [0.15, 0.2) is 6.29 Å². The predicted molar refractivity (Wildman–Crippen MR) is 70.2 cm³/mol. The molecule has 3 aliphatic rings. The van der Waals surface area contributed by atoms with E-state index in [9.17, 15) is 15.3 Å². The van der Waals surface area contributed by atoms with Gasteiger partial charge in [-0.3, -0.25) is 0 Å². The van der Waals surface area contributed by atoms with Crippen molar-refractivity contribution in [1.82, 2.24) is 0 Å². The highest BCUT2D eigenvalue weighted by Gasteiger charge is 2.63. The first-order chi connectivity index (χ1) is 8.77. The summed E-state index contributed by atoms with van der Waals surface area (Å²) in [4.78, 5) is 0. The van der Waals surface area contributed by atoms with Crippen molar-refractivity contribution in [3.05, 3.63) is 11.6 Å². The summed E-state index contributed by atoms with van der Waals surface area (Å²) in [5.74, 6) is 0.146. The molecule has 0 bridgehead atoms. The van der Waals surface area contributed by atoms with Crippen molar-refractivity contribution in [3.8, 4) is 0 Å². The normalized spacial score (nSPS) is 57.4. The summed E-state index contributed by atoms with van der Waals surface area (Å²) in [6, 6.07) is 0. The van der Waals surface area contributed by atoms with Crippen molar-refractivity contribution in [2.24, 2.45) is 17.3 Å². The summed E-state index contributed by atoms with van der Waals surface area (Å²) in [5.41, 5.74) is -0.212. The summed E-state index contributed by atoms with van der Waals surface area (Å²) in [6.07, 6.45) is 2.75. The molecule has 7 atom stereocenters. The molecule has 0 amide bonds. The highest BCUT2D eigenvalue weighted by molar-refractivity contribution is 5.28. The smallest absolute Gasteiger partial charge is 0.184 e. The van der Waals surface area contributed by atoms with Crippen molar-refractivity contribution in [2.45, 2.75) is 64.1 Å². The van der Waals surface area contributed by atoms with Gasteiger partial charge in [-0.1, -0.05) is 25.5 Å². The van der Waals surface area contributed by atoms with Crippen LogP contribution in [0.3, 0.4) is 0 Å². The van der Waals surface area contributed by atoms with Crippen molar-refractivity contribution in [3.63, 3.8) is 0 Å².